The third-order valence-corrected chi connectivity index (χ3v) is 6.51. The van der Waals surface area contributed by atoms with Crippen LogP contribution in [-0.4, -0.2) is 12.9 Å². The zero-order valence-corrected chi connectivity index (χ0v) is 15.8. The van der Waals surface area contributed by atoms with E-state index in [2.05, 4.69) is 19.1 Å². The number of aldehydes is 1. The third-order valence-electron chi connectivity index (χ3n) is 6.51. The molecule has 2 aliphatic rings. The first-order chi connectivity index (χ1) is 12.3. The van der Waals surface area contributed by atoms with Crippen molar-refractivity contribution in [3.05, 3.63) is 29.3 Å². The van der Waals surface area contributed by atoms with E-state index < -0.39 is 0 Å². The van der Waals surface area contributed by atoms with E-state index in [0.29, 0.717) is 0 Å². The number of carbonyl (C=O) groups is 1. The first-order valence-corrected chi connectivity index (χ1v) is 10.5. The third kappa shape index (κ3) is 4.65. The number of fused-ring (bicyclic) bond motifs is 2. The van der Waals surface area contributed by atoms with E-state index in [1.54, 1.807) is 0 Å². The van der Waals surface area contributed by atoms with Gasteiger partial charge in [-0.25, -0.2) is 0 Å². The standard InChI is InChI=1S/C23H34O2/c1-2-3-4-5-6-7-9-18-12-13-20-17-22-19(16-21(18)20)10-8-11-23(22)25-15-14-24/h8,10-11,14,18,20-21H,2-7,9,12-13,15-17H2,1H3. The fourth-order valence-electron chi connectivity index (χ4n) is 5.18. The van der Waals surface area contributed by atoms with Crippen molar-refractivity contribution >= 4 is 6.29 Å². The first kappa shape index (κ1) is 18.5. The number of carbonyl (C=O) groups excluding carboxylic acids is 1. The number of benzene rings is 1. The molecule has 0 bridgehead atoms. The SMILES string of the molecule is CCCCCCCCC1CCC2Cc3c(cccc3OCC=O)CC12. The van der Waals surface area contributed by atoms with Crippen molar-refractivity contribution < 1.29 is 9.53 Å². The maximum Gasteiger partial charge on any atom is 0.157 e. The second kappa shape index (κ2) is 9.40. The van der Waals surface area contributed by atoms with Crippen molar-refractivity contribution in [2.45, 2.75) is 77.6 Å². The Hall–Kier alpha value is -1.31. The minimum absolute atomic E-state index is 0.172. The molecule has 1 aromatic rings. The molecule has 0 spiro atoms. The molecule has 3 atom stereocenters. The van der Waals surface area contributed by atoms with Gasteiger partial charge >= 0.3 is 0 Å². The average molecular weight is 343 g/mol. The average Bonchev–Trinajstić information content (AvgIpc) is 3.03. The zero-order valence-electron chi connectivity index (χ0n) is 15.8. The Morgan fingerprint density at radius 1 is 1.08 bits per heavy atom. The quantitative estimate of drug-likeness (QED) is 0.399. The number of hydrogen-bond donors (Lipinski definition) is 0. The van der Waals surface area contributed by atoms with Gasteiger partial charge in [0.1, 0.15) is 12.4 Å². The van der Waals surface area contributed by atoms with Crippen molar-refractivity contribution in [3.63, 3.8) is 0 Å². The fraction of sp³-hybridized carbons (Fsp3) is 0.696. The normalized spacial score (nSPS) is 24.6. The smallest absolute Gasteiger partial charge is 0.157 e. The lowest BCUT2D eigenvalue weighted by molar-refractivity contribution is -0.109. The van der Waals surface area contributed by atoms with Gasteiger partial charge in [0.25, 0.3) is 0 Å². The minimum atomic E-state index is 0.172. The molecular weight excluding hydrogens is 308 g/mol. The van der Waals surface area contributed by atoms with E-state index in [0.717, 1.165) is 36.2 Å². The summed E-state index contributed by atoms with van der Waals surface area (Å²) in [6, 6.07) is 6.40. The van der Waals surface area contributed by atoms with E-state index in [1.807, 2.05) is 6.07 Å². The molecule has 1 saturated carbocycles. The van der Waals surface area contributed by atoms with Crippen LogP contribution < -0.4 is 4.74 Å². The van der Waals surface area contributed by atoms with Crippen LogP contribution in [0.1, 0.15) is 75.8 Å². The summed E-state index contributed by atoms with van der Waals surface area (Å²) in [6.45, 7) is 2.46. The lowest BCUT2D eigenvalue weighted by atomic mass is 9.73. The van der Waals surface area contributed by atoms with Crippen LogP contribution in [0.3, 0.4) is 0 Å². The number of rotatable bonds is 10. The van der Waals surface area contributed by atoms with Crippen LogP contribution in [0.15, 0.2) is 18.2 Å². The fourth-order valence-corrected chi connectivity index (χ4v) is 5.18. The summed E-state index contributed by atoms with van der Waals surface area (Å²) < 4.78 is 5.67. The Balaban J connectivity index is 1.54. The molecule has 1 fully saturated rings. The maximum absolute atomic E-state index is 10.6. The van der Waals surface area contributed by atoms with Gasteiger partial charge in [0.05, 0.1) is 0 Å². The van der Waals surface area contributed by atoms with E-state index in [4.69, 9.17) is 4.74 Å². The van der Waals surface area contributed by atoms with Crippen LogP contribution in [-0.2, 0) is 17.6 Å². The van der Waals surface area contributed by atoms with E-state index in [9.17, 15) is 4.79 Å². The van der Waals surface area contributed by atoms with Crippen molar-refractivity contribution in [2.75, 3.05) is 6.61 Å². The molecule has 0 N–H and O–H groups in total. The zero-order chi connectivity index (χ0) is 17.5. The highest BCUT2D eigenvalue weighted by Gasteiger charge is 2.39. The van der Waals surface area contributed by atoms with Crippen molar-refractivity contribution in [2.24, 2.45) is 17.8 Å². The molecule has 0 heterocycles. The molecule has 2 heteroatoms. The van der Waals surface area contributed by atoms with Gasteiger partial charge in [-0.05, 0) is 60.6 Å². The Labute approximate surface area is 153 Å². The molecular formula is C23H34O2. The van der Waals surface area contributed by atoms with Crippen molar-refractivity contribution in [1.29, 1.82) is 0 Å². The van der Waals surface area contributed by atoms with Crippen molar-refractivity contribution in [3.8, 4) is 5.75 Å². The maximum atomic E-state index is 10.6. The van der Waals surface area contributed by atoms with Crippen LogP contribution in [0.25, 0.3) is 0 Å². The molecule has 1 aromatic carbocycles. The number of ether oxygens (including phenoxy) is 1. The summed E-state index contributed by atoms with van der Waals surface area (Å²) in [7, 11) is 0. The summed E-state index contributed by atoms with van der Waals surface area (Å²) in [6.07, 6.45) is 15.9. The van der Waals surface area contributed by atoms with Gasteiger partial charge in [-0.3, -0.25) is 4.79 Å². The van der Waals surface area contributed by atoms with Gasteiger partial charge in [0.2, 0.25) is 0 Å². The molecule has 3 unspecified atom stereocenters. The molecule has 0 saturated heterocycles. The second-order valence-corrected chi connectivity index (χ2v) is 8.10. The topological polar surface area (TPSA) is 26.3 Å². The summed E-state index contributed by atoms with van der Waals surface area (Å²) >= 11 is 0. The summed E-state index contributed by atoms with van der Waals surface area (Å²) in [5.74, 6) is 3.59. The van der Waals surface area contributed by atoms with E-state index in [1.165, 1.54) is 75.3 Å². The number of hydrogen-bond acceptors (Lipinski definition) is 2. The van der Waals surface area contributed by atoms with Crippen LogP contribution in [0.4, 0.5) is 0 Å². The van der Waals surface area contributed by atoms with Gasteiger partial charge in [-0.2, -0.15) is 0 Å². The molecule has 2 nitrogen and oxygen atoms in total. The summed E-state index contributed by atoms with van der Waals surface area (Å²) in [4.78, 5) is 10.6. The van der Waals surface area contributed by atoms with Crippen LogP contribution >= 0.6 is 0 Å². The minimum Gasteiger partial charge on any atom is -0.486 e. The highest BCUT2D eigenvalue weighted by molar-refractivity contribution is 5.52. The lowest BCUT2D eigenvalue weighted by Gasteiger charge is -2.32. The van der Waals surface area contributed by atoms with E-state index >= 15 is 0 Å². The van der Waals surface area contributed by atoms with E-state index in [-0.39, 0.29) is 6.61 Å². The van der Waals surface area contributed by atoms with Gasteiger partial charge in [-0.1, -0.05) is 64.0 Å². The molecule has 0 aliphatic heterocycles. The predicted molar refractivity (Wildman–Crippen MR) is 103 cm³/mol. The van der Waals surface area contributed by atoms with Gasteiger partial charge in [0.15, 0.2) is 6.29 Å². The molecule has 2 aliphatic carbocycles. The molecule has 0 radical (unpaired) electrons. The van der Waals surface area contributed by atoms with Gasteiger partial charge < -0.3 is 4.74 Å². The van der Waals surface area contributed by atoms with Crippen LogP contribution in [0, 0.1) is 17.8 Å². The Morgan fingerprint density at radius 2 is 1.92 bits per heavy atom. The highest BCUT2D eigenvalue weighted by atomic mass is 16.5. The summed E-state index contributed by atoms with van der Waals surface area (Å²) in [5.41, 5.74) is 2.85. The van der Waals surface area contributed by atoms with Crippen LogP contribution in [0.5, 0.6) is 5.75 Å². The largest absolute Gasteiger partial charge is 0.486 e. The summed E-state index contributed by atoms with van der Waals surface area (Å²) in [5, 5.41) is 0. The Bertz CT molecular complexity index is 551. The van der Waals surface area contributed by atoms with Crippen LogP contribution in [0.2, 0.25) is 0 Å². The van der Waals surface area contributed by atoms with Gasteiger partial charge in [-0.15, -0.1) is 0 Å². The van der Waals surface area contributed by atoms with Gasteiger partial charge in [0, 0.05) is 0 Å². The molecule has 0 amide bonds. The molecule has 3 rings (SSSR count). The first-order valence-electron chi connectivity index (χ1n) is 10.5. The Kier molecular flexibility index (Phi) is 6.95. The molecule has 138 valence electrons. The lowest BCUT2D eigenvalue weighted by Crippen LogP contribution is -2.25. The molecule has 25 heavy (non-hydrogen) atoms. The molecule has 0 aromatic heterocycles. The Morgan fingerprint density at radius 3 is 2.76 bits per heavy atom. The number of unbranched alkanes of at least 4 members (excludes halogenated alkanes) is 5. The predicted octanol–water partition coefficient (Wildman–Crippen LogP) is 5.76. The van der Waals surface area contributed by atoms with Crippen molar-refractivity contribution in [1.82, 2.24) is 0 Å². The highest BCUT2D eigenvalue weighted by Crippen LogP contribution is 2.48. The monoisotopic (exact) mass is 342 g/mol. The second-order valence-electron chi connectivity index (χ2n) is 8.10.